The van der Waals surface area contributed by atoms with Crippen LogP contribution in [0.3, 0.4) is 0 Å². The summed E-state index contributed by atoms with van der Waals surface area (Å²) in [6, 6.07) is 7.16. The zero-order chi connectivity index (χ0) is 13.1. The van der Waals surface area contributed by atoms with Gasteiger partial charge in [-0.3, -0.25) is 4.79 Å². The van der Waals surface area contributed by atoms with Crippen LogP contribution in [-0.4, -0.2) is 21.3 Å². The van der Waals surface area contributed by atoms with Gasteiger partial charge in [0, 0.05) is 4.47 Å². The van der Waals surface area contributed by atoms with Crippen molar-refractivity contribution in [3.63, 3.8) is 0 Å². The Morgan fingerprint density at radius 3 is 2.56 bits per heavy atom. The van der Waals surface area contributed by atoms with E-state index >= 15 is 0 Å². The van der Waals surface area contributed by atoms with Gasteiger partial charge >= 0.3 is 0 Å². The molecule has 0 aliphatic rings. The highest BCUT2D eigenvalue weighted by molar-refractivity contribution is 9.10. The molecule has 18 heavy (non-hydrogen) atoms. The molecule has 7 heteroatoms. The van der Waals surface area contributed by atoms with Crippen molar-refractivity contribution in [1.29, 1.82) is 0 Å². The molecule has 1 aromatic heterocycles. The standard InChI is InChI=1S/C11H8BrF2N3O/c12-8-3-1-7(2-4-8)5-17-10(11(13)14)9(6-18)15-16-17/h1-4,6,11H,5H2. The van der Waals surface area contributed by atoms with Crippen molar-refractivity contribution < 1.29 is 13.6 Å². The molecule has 2 aromatic rings. The van der Waals surface area contributed by atoms with E-state index in [9.17, 15) is 13.6 Å². The van der Waals surface area contributed by atoms with E-state index in [4.69, 9.17) is 0 Å². The Labute approximate surface area is 110 Å². The molecule has 0 atom stereocenters. The van der Waals surface area contributed by atoms with Gasteiger partial charge in [0.2, 0.25) is 0 Å². The summed E-state index contributed by atoms with van der Waals surface area (Å²) in [5.41, 5.74) is 0.0254. The normalized spacial score (nSPS) is 10.9. The van der Waals surface area contributed by atoms with Gasteiger partial charge in [-0.2, -0.15) is 0 Å². The number of aromatic nitrogens is 3. The maximum atomic E-state index is 12.8. The minimum atomic E-state index is -2.78. The van der Waals surface area contributed by atoms with Gasteiger partial charge in [0.15, 0.2) is 12.0 Å². The third-order valence-corrected chi connectivity index (χ3v) is 2.89. The predicted octanol–water partition coefficient (Wildman–Crippen LogP) is 2.84. The fourth-order valence-electron chi connectivity index (χ4n) is 1.52. The smallest absolute Gasteiger partial charge is 0.282 e. The predicted molar refractivity (Wildman–Crippen MR) is 63.6 cm³/mol. The molecule has 0 spiro atoms. The fraction of sp³-hybridized carbons (Fsp3) is 0.182. The molecule has 0 saturated carbocycles. The van der Waals surface area contributed by atoms with Gasteiger partial charge in [-0.15, -0.1) is 5.10 Å². The van der Waals surface area contributed by atoms with Crippen LogP contribution >= 0.6 is 15.9 Å². The van der Waals surface area contributed by atoms with Crippen LogP contribution in [0.4, 0.5) is 8.78 Å². The number of carbonyl (C=O) groups is 1. The monoisotopic (exact) mass is 315 g/mol. The number of rotatable bonds is 4. The number of alkyl halides is 2. The minimum absolute atomic E-state index is 0.147. The maximum absolute atomic E-state index is 12.8. The van der Waals surface area contributed by atoms with Gasteiger partial charge in [0.1, 0.15) is 5.69 Å². The van der Waals surface area contributed by atoms with E-state index in [-0.39, 0.29) is 18.5 Å². The molecule has 0 amide bonds. The maximum Gasteiger partial charge on any atom is 0.282 e. The van der Waals surface area contributed by atoms with Gasteiger partial charge < -0.3 is 0 Å². The third-order valence-electron chi connectivity index (χ3n) is 2.36. The highest BCUT2D eigenvalue weighted by Crippen LogP contribution is 2.21. The summed E-state index contributed by atoms with van der Waals surface area (Å²) in [5.74, 6) is 0. The van der Waals surface area contributed by atoms with E-state index in [0.717, 1.165) is 14.7 Å². The summed E-state index contributed by atoms with van der Waals surface area (Å²) in [5, 5.41) is 6.99. The van der Waals surface area contributed by atoms with Crippen molar-refractivity contribution in [2.24, 2.45) is 0 Å². The highest BCUT2D eigenvalue weighted by Gasteiger charge is 2.21. The minimum Gasteiger partial charge on any atom is -0.296 e. The Kier molecular flexibility index (Phi) is 3.81. The van der Waals surface area contributed by atoms with E-state index in [0.29, 0.717) is 0 Å². The first-order valence-corrected chi connectivity index (χ1v) is 5.82. The number of hydrogen-bond acceptors (Lipinski definition) is 3. The molecular formula is C11H8BrF2N3O. The number of hydrogen-bond donors (Lipinski definition) is 0. The number of aldehydes is 1. The van der Waals surface area contributed by atoms with Crippen LogP contribution in [0.1, 0.15) is 28.2 Å². The molecule has 0 saturated heterocycles. The fourth-order valence-corrected chi connectivity index (χ4v) is 1.79. The molecule has 2 rings (SSSR count). The Hall–Kier alpha value is -1.63. The average molecular weight is 316 g/mol. The second kappa shape index (κ2) is 5.34. The first kappa shape index (κ1) is 12.8. The quantitative estimate of drug-likeness (QED) is 0.815. The Balaban J connectivity index is 2.31. The molecule has 0 fully saturated rings. The van der Waals surface area contributed by atoms with Gasteiger partial charge in [-0.1, -0.05) is 33.3 Å². The number of halogens is 3. The lowest BCUT2D eigenvalue weighted by atomic mass is 10.2. The van der Waals surface area contributed by atoms with E-state index < -0.39 is 12.1 Å². The number of benzene rings is 1. The highest BCUT2D eigenvalue weighted by atomic mass is 79.9. The second-order valence-electron chi connectivity index (χ2n) is 3.56. The van der Waals surface area contributed by atoms with Crippen LogP contribution in [0.2, 0.25) is 0 Å². The van der Waals surface area contributed by atoms with Crippen LogP contribution < -0.4 is 0 Å². The molecule has 1 heterocycles. The van der Waals surface area contributed by atoms with Gasteiger partial charge in [-0.25, -0.2) is 13.5 Å². The molecule has 4 nitrogen and oxygen atoms in total. The summed E-state index contributed by atoms with van der Waals surface area (Å²) >= 11 is 3.28. The van der Waals surface area contributed by atoms with Crippen molar-refractivity contribution in [3.05, 3.63) is 45.7 Å². The second-order valence-corrected chi connectivity index (χ2v) is 4.48. The lowest BCUT2D eigenvalue weighted by molar-refractivity contribution is 0.109. The molecule has 1 aromatic carbocycles. The summed E-state index contributed by atoms with van der Waals surface area (Å²) < 4.78 is 27.6. The summed E-state index contributed by atoms with van der Waals surface area (Å²) in [4.78, 5) is 10.6. The number of nitrogens with zero attached hydrogens (tertiary/aromatic N) is 3. The Morgan fingerprint density at radius 2 is 2.00 bits per heavy atom. The van der Waals surface area contributed by atoms with Crippen LogP contribution in [0.15, 0.2) is 28.7 Å². The van der Waals surface area contributed by atoms with Crippen LogP contribution in [0.25, 0.3) is 0 Å². The lowest BCUT2D eigenvalue weighted by Gasteiger charge is -2.06. The van der Waals surface area contributed by atoms with E-state index in [1.54, 1.807) is 24.3 Å². The Bertz CT molecular complexity index is 554. The van der Waals surface area contributed by atoms with E-state index in [1.807, 2.05) is 0 Å². The lowest BCUT2D eigenvalue weighted by Crippen LogP contribution is -2.07. The SMILES string of the molecule is O=Cc1nnn(Cc2ccc(Br)cc2)c1C(F)F. The first-order valence-electron chi connectivity index (χ1n) is 5.03. The van der Waals surface area contributed by atoms with Crippen molar-refractivity contribution >= 4 is 22.2 Å². The van der Waals surface area contributed by atoms with Gasteiger partial charge in [-0.05, 0) is 17.7 Å². The zero-order valence-electron chi connectivity index (χ0n) is 9.05. The van der Waals surface area contributed by atoms with Gasteiger partial charge in [0.25, 0.3) is 6.43 Å². The molecule has 0 radical (unpaired) electrons. The average Bonchev–Trinajstić information content (AvgIpc) is 2.75. The number of carbonyl (C=O) groups excluding carboxylic acids is 1. The van der Waals surface area contributed by atoms with Gasteiger partial charge in [0.05, 0.1) is 6.54 Å². The van der Waals surface area contributed by atoms with Crippen LogP contribution in [0.5, 0.6) is 0 Å². The largest absolute Gasteiger partial charge is 0.296 e. The van der Waals surface area contributed by atoms with E-state index in [1.165, 1.54) is 0 Å². The van der Waals surface area contributed by atoms with Crippen molar-refractivity contribution in [2.45, 2.75) is 13.0 Å². The van der Waals surface area contributed by atoms with Crippen LogP contribution in [0, 0.1) is 0 Å². The summed E-state index contributed by atoms with van der Waals surface area (Å²) in [6.07, 6.45) is -2.50. The van der Waals surface area contributed by atoms with Crippen molar-refractivity contribution in [3.8, 4) is 0 Å². The zero-order valence-corrected chi connectivity index (χ0v) is 10.6. The molecule has 0 unspecified atom stereocenters. The molecule has 0 aliphatic carbocycles. The van der Waals surface area contributed by atoms with Crippen molar-refractivity contribution in [2.75, 3.05) is 0 Å². The first-order chi connectivity index (χ1) is 8.61. The summed E-state index contributed by atoms with van der Waals surface area (Å²) in [7, 11) is 0. The molecular weight excluding hydrogens is 308 g/mol. The molecule has 0 N–H and O–H groups in total. The summed E-state index contributed by atoms with van der Waals surface area (Å²) in [6.45, 7) is 0.147. The third kappa shape index (κ3) is 2.61. The van der Waals surface area contributed by atoms with Crippen LogP contribution in [-0.2, 0) is 6.54 Å². The van der Waals surface area contributed by atoms with Crippen molar-refractivity contribution in [1.82, 2.24) is 15.0 Å². The topological polar surface area (TPSA) is 47.8 Å². The Morgan fingerprint density at radius 1 is 1.33 bits per heavy atom. The molecule has 94 valence electrons. The van der Waals surface area contributed by atoms with E-state index in [2.05, 4.69) is 26.2 Å². The molecule has 0 aliphatic heterocycles. The molecule has 0 bridgehead atoms.